The molecule has 1 aromatic carbocycles. The lowest BCUT2D eigenvalue weighted by Gasteiger charge is -2.09. The highest BCUT2D eigenvalue weighted by atomic mass is 19.1. The second-order valence-electron chi connectivity index (χ2n) is 4.78. The molecule has 1 aromatic rings. The van der Waals surface area contributed by atoms with Crippen molar-refractivity contribution in [1.29, 1.82) is 0 Å². The van der Waals surface area contributed by atoms with E-state index in [0.29, 0.717) is 11.1 Å². The van der Waals surface area contributed by atoms with Crippen LogP contribution in [-0.4, -0.2) is 17.0 Å². The van der Waals surface area contributed by atoms with Crippen molar-refractivity contribution in [2.75, 3.05) is 0 Å². The molecule has 108 valence electrons. The summed E-state index contributed by atoms with van der Waals surface area (Å²) in [5.74, 6) is -1.81. The summed E-state index contributed by atoms with van der Waals surface area (Å²) in [5.41, 5.74) is 1.98. The van der Waals surface area contributed by atoms with Gasteiger partial charge < -0.3 is 10.4 Å². The number of amides is 1. The molecule has 0 unspecified atom stereocenters. The number of carbonyl (C=O) groups excluding carboxylic acids is 1. The summed E-state index contributed by atoms with van der Waals surface area (Å²) >= 11 is 0. The molecule has 0 saturated carbocycles. The molecule has 0 atom stereocenters. The molecular weight excluding hydrogens is 261 g/mol. The third kappa shape index (κ3) is 3.66. The van der Waals surface area contributed by atoms with Gasteiger partial charge in [0.05, 0.1) is 0 Å². The summed E-state index contributed by atoms with van der Waals surface area (Å²) in [6, 6.07) is 3.32. The van der Waals surface area contributed by atoms with Gasteiger partial charge >= 0.3 is 5.97 Å². The maximum absolute atomic E-state index is 13.5. The van der Waals surface area contributed by atoms with Crippen molar-refractivity contribution in [3.8, 4) is 0 Å². The first-order chi connectivity index (χ1) is 9.23. The van der Waals surface area contributed by atoms with Crippen LogP contribution in [0.3, 0.4) is 0 Å². The number of carbonyl (C=O) groups is 2. The van der Waals surface area contributed by atoms with Crippen LogP contribution in [0.15, 0.2) is 23.3 Å². The van der Waals surface area contributed by atoms with E-state index in [-0.39, 0.29) is 23.5 Å². The molecule has 0 fully saturated rings. The standard InChI is InChI=1S/C15H18FNO3/c1-8-5-12(6-9(2)13(8)16)7-17-14(18)10(3)11(4)15(19)20/h5-6H,7H2,1-4H3,(H,17,18)(H,19,20)/b11-10+. The molecule has 0 heterocycles. The Morgan fingerprint density at radius 3 is 2.10 bits per heavy atom. The van der Waals surface area contributed by atoms with Crippen LogP contribution in [0.5, 0.6) is 0 Å². The largest absolute Gasteiger partial charge is 0.478 e. The van der Waals surface area contributed by atoms with Gasteiger partial charge in [-0.05, 0) is 44.4 Å². The molecule has 20 heavy (non-hydrogen) atoms. The third-order valence-electron chi connectivity index (χ3n) is 3.17. The summed E-state index contributed by atoms with van der Waals surface area (Å²) in [6.45, 7) is 6.38. The number of hydrogen-bond acceptors (Lipinski definition) is 2. The zero-order chi connectivity index (χ0) is 15.4. The van der Waals surface area contributed by atoms with E-state index in [0.717, 1.165) is 5.56 Å². The fraction of sp³-hybridized carbons (Fsp3) is 0.333. The monoisotopic (exact) mass is 279 g/mol. The second kappa shape index (κ2) is 6.32. The number of hydrogen-bond donors (Lipinski definition) is 2. The van der Waals surface area contributed by atoms with E-state index in [4.69, 9.17) is 5.11 Å². The summed E-state index contributed by atoms with van der Waals surface area (Å²) < 4.78 is 13.5. The maximum atomic E-state index is 13.5. The minimum Gasteiger partial charge on any atom is -0.478 e. The van der Waals surface area contributed by atoms with Gasteiger partial charge in [-0.15, -0.1) is 0 Å². The van der Waals surface area contributed by atoms with Gasteiger partial charge in [0, 0.05) is 17.7 Å². The summed E-state index contributed by atoms with van der Waals surface area (Å²) in [4.78, 5) is 22.6. The van der Waals surface area contributed by atoms with Crippen LogP contribution < -0.4 is 5.32 Å². The van der Waals surface area contributed by atoms with Crippen molar-refractivity contribution in [1.82, 2.24) is 5.32 Å². The van der Waals surface area contributed by atoms with E-state index in [2.05, 4.69) is 5.32 Å². The van der Waals surface area contributed by atoms with Gasteiger partial charge in [-0.25, -0.2) is 9.18 Å². The Hall–Kier alpha value is -2.17. The van der Waals surface area contributed by atoms with Crippen molar-refractivity contribution in [3.63, 3.8) is 0 Å². The smallest absolute Gasteiger partial charge is 0.331 e. The van der Waals surface area contributed by atoms with Crippen molar-refractivity contribution >= 4 is 11.9 Å². The maximum Gasteiger partial charge on any atom is 0.331 e. The quantitative estimate of drug-likeness (QED) is 0.832. The van der Waals surface area contributed by atoms with Crippen LogP contribution in [0.1, 0.15) is 30.5 Å². The molecule has 1 amide bonds. The Morgan fingerprint density at radius 2 is 1.65 bits per heavy atom. The Labute approximate surface area is 117 Å². The predicted molar refractivity (Wildman–Crippen MR) is 73.7 cm³/mol. The molecule has 0 aliphatic carbocycles. The number of carboxylic acids is 1. The van der Waals surface area contributed by atoms with E-state index in [1.165, 1.54) is 13.8 Å². The van der Waals surface area contributed by atoms with Crippen LogP contribution in [0, 0.1) is 19.7 Å². The number of benzene rings is 1. The molecule has 5 heteroatoms. The van der Waals surface area contributed by atoms with E-state index >= 15 is 0 Å². The first-order valence-electron chi connectivity index (χ1n) is 6.18. The highest BCUT2D eigenvalue weighted by Crippen LogP contribution is 2.14. The molecule has 0 aliphatic heterocycles. The van der Waals surface area contributed by atoms with E-state index in [1.54, 1.807) is 26.0 Å². The van der Waals surface area contributed by atoms with Gasteiger partial charge in [0.25, 0.3) is 0 Å². The normalized spacial score (nSPS) is 11.8. The van der Waals surface area contributed by atoms with Crippen molar-refractivity contribution in [2.24, 2.45) is 0 Å². The zero-order valence-corrected chi connectivity index (χ0v) is 12.0. The molecule has 0 spiro atoms. The van der Waals surface area contributed by atoms with Gasteiger partial charge in [-0.1, -0.05) is 12.1 Å². The lowest BCUT2D eigenvalue weighted by atomic mass is 10.1. The molecule has 0 saturated heterocycles. The topological polar surface area (TPSA) is 66.4 Å². The first-order valence-corrected chi connectivity index (χ1v) is 6.18. The van der Waals surface area contributed by atoms with Crippen LogP contribution in [0.2, 0.25) is 0 Å². The van der Waals surface area contributed by atoms with Crippen molar-refractivity contribution in [2.45, 2.75) is 34.2 Å². The second-order valence-corrected chi connectivity index (χ2v) is 4.78. The SMILES string of the molecule is C/C(C(=O)O)=C(/C)C(=O)NCc1cc(C)c(F)c(C)c1. The average molecular weight is 279 g/mol. The molecule has 4 nitrogen and oxygen atoms in total. The van der Waals surface area contributed by atoms with Gasteiger partial charge in [0.2, 0.25) is 5.91 Å². The number of aryl methyl sites for hydroxylation is 2. The fourth-order valence-corrected chi connectivity index (χ4v) is 1.78. The highest BCUT2D eigenvalue weighted by Gasteiger charge is 2.12. The number of aliphatic carboxylic acids is 1. The van der Waals surface area contributed by atoms with Gasteiger partial charge in [-0.3, -0.25) is 4.79 Å². The average Bonchev–Trinajstić information content (AvgIpc) is 2.39. The fourth-order valence-electron chi connectivity index (χ4n) is 1.78. The molecule has 0 aliphatic rings. The Balaban J connectivity index is 2.81. The highest BCUT2D eigenvalue weighted by molar-refractivity contribution is 6.01. The van der Waals surface area contributed by atoms with Gasteiger partial charge in [-0.2, -0.15) is 0 Å². The molecule has 0 aromatic heterocycles. The van der Waals surface area contributed by atoms with Crippen LogP contribution in [-0.2, 0) is 16.1 Å². The van der Waals surface area contributed by atoms with E-state index in [1.807, 2.05) is 0 Å². The van der Waals surface area contributed by atoms with Crippen LogP contribution in [0.4, 0.5) is 4.39 Å². The van der Waals surface area contributed by atoms with Gasteiger partial charge in [0.1, 0.15) is 5.82 Å². The lowest BCUT2D eigenvalue weighted by molar-refractivity contribution is -0.133. The Bertz CT molecular complexity index is 568. The minimum absolute atomic E-state index is 0.00830. The summed E-state index contributed by atoms with van der Waals surface area (Å²) in [7, 11) is 0. The minimum atomic E-state index is -1.12. The number of nitrogens with one attached hydrogen (secondary N) is 1. The van der Waals surface area contributed by atoms with Crippen molar-refractivity contribution in [3.05, 3.63) is 45.8 Å². The molecule has 0 bridgehead atoms. The molecule has 2 N–H and O–H groups in total. The van der Waals surface area contributed by atoms with Crippen LogP contribution in [0.25, 0.3) is 0 Å². The third-order valence-corrected chi connectivity index (χ3v) is 3.17. The van der Waals surface area contributed by atoms with E-state index in [9.17, 15) is 14.0 Å². The first kappa shape index (κ1) is 15.9. The number of carboxylic acid groups (broad SMARTS) is 1. The number of rotatable bonds is 4. The molecular formula is C15H18FNO3. The lowest BCUT2D eigenvalue weighted by Crippen LogP contribution is -2.25. The molecule has 0 radical (unpaired) electrons. The van der Waals surface area contributed by atoms with Gasteiger partial charge in [0.15, 0.2) is 0 Å². The summed E-state index contributed by atoms with van der Waals surface area (Å²) in [6.07, 6.45) is 0. The Kier molecular flexibility index (Phi) is 5.02. The predicted octanol–water partition coefficient (Wildman–Crippen LogP) is 2.48. The summed E-state index contributed by atoms with van der Waals surface area (Å²) in [5, 5.41) is 11.4. The number of halogens is 1. The van der Waals surface area contributed by atoms with Crippen molar-refractivity contribution < 1.29 is 19.1 Å². The van der Waals surface area contributed by atoms with E-state index < -0.39 is 11.9 Å². The zero-order valence-electron chi connectivity index (χ0n) is 12.0. The molecule has 1 rings (SSSR count). The Morgan fingerprint density at radius 1 is 1.15 bits per heavy atom. The van der Waals surface area contributed by atoms with Crippen LogP contribution >= 0.6 is 0 Å².